The van der Waals surface area contributed by atoms with Gasteiger partial charge in [-0.3, -0.25) is 4.99 Å². The molecule has 0 amide bonds. The quantitative estimate of drug-likeness (QED) is 0.354. The van der Waals surface area contributed by atoms with E-state index >= 15 is 0 Å². The van der Waals surface area contributed by atoms with Crippen molar-refractivity contribution in [3.05, 3.63) is 131 Å². The molecule has 1 heterocycles. The number of aliphatic imine (C=N–C) groups is 1. The first-order chi connectivity index (χ1) is 17.1. The summed E-state index contributed by atoms with van der Waals surface area (Å²) in [6, 6.07) is 29.4. The SMILES string of the molecule is C=C(CC(C)(C)C)C(C)c1ccc(CC)cc1.C=C1CC(N)=NC1(c1ccccc1)c1ccccc1. The molecule has 2 heteroatoms. The summed E-state index contributed by atoms with van der Waals surface area (Å²) >= 11 is 0. The normalized spacial score (nSPS) is 15.5. The first kappa shape index (κ1) is 27.2. The van der Waals surface area contributed by atoms with E-state index in [1.54, 1.807) is 0 Å². The lowest BCUT2D eigenvalue weighted by Crippen LogP contribution is -2.24. The molecule has 0 radical (unpaired) electrons. The Morgan fingerprint density at radius 2 is 1.42 bits per heavy atom. The van der Waals surface area contributed by atoms with Crippen molar-refractivity contribution >= 4 is 5.84 Å². The van der Waals surface area contributed by atoms with Gasteiger partial charge in [0.1, 0.15) is 5.54 Å². The van der Waals surface area contributed by atoms with Crippen LogP contribution in [-0.4, -0.2) is 5.84 Å². The van der Waals surface area contributed by atoms with Crippen LogP contribution >= 0.6 is 0 Å². The van der Waals surface area contributed by atoms with Crippen LogP contribution in [0.3, 0.4) is 0 Å². The first-order valence-electron chi connectivity index (χ1n) is 13.0. The summed E-state index contributed by atoms with van der Waals surface area (Å²) in [6.07, 6.45) is 2.85. The number of benzene rings is 3. The van der Waals surface area contributed by atoms with E-state index in [2.05, 4.69) is 96.3 Å². The molecule has 0 aromatic heterocycles. The summed E-state index contributed by atoms with van der Waals surface area (Å²) in [6.45, 7) is 19.7. The second kappa shape index (κ2) is 11.6. The summed E-state index contributed by atoms with van der Waals surface area (Å²) in [5.41, 5.74) is 13.2. The summed E-state index contributed by atoms with van der Waals surface area (Å²) in [5.74, 6) is 1.11. The molecule has 0 aliphatic carbocycles. The van der Waals surface area contributed by atoms with Crippen molar-refractivity contribution < 1.29 is 0 Å². The zero-order chi connectivity index (χ0) is 26.3. The molecule has 1 atom stereocenters. The Bertz CT molecular complexity index is 1140. The fraction of sp³-hybridized carbons (Fsp3) is 0.324. The van der Waals surface area contributed by atoms with E-state index in [1.165, 1.54) is 16.7 Å². The highest BCUT2D eigenvalue weighted by Gasteiger charge is 2.40. The molecule has 1 aliphatic heterocycles. The van der Waals surface area contributed by atoms with Gasteiger partial charge >= 0.3 is 0 Å². The number of amidine groups is 1. The average molecular weight is 479 g/mol. The predicted octanol–water partition coefficient (Wildman–Crippen LogP) is 8.59. The van der Waals surface area contributed by atoms with E-state index in [4.69, 9.17) is 10.7 Å². The second-order valence-corrected chi connectivity index (χ2v) is 11.0. The average Bonchev–Trinajstić information content (AvgIpc) is 3.18. The zero-order valence-electron chi connectivity index (χ0n) is 22.7. The molecule has 36 heavy (non-hydrogen) atoms. The maximum Gasteiger partial charge on any atom is 0.134 e. The Labute approximate surface area is 218 Å². The van der Waals surface area contributed by atoms with Crippen LogP contribution in [0.2, 0.25) is 0 Å². The van der Waals surface area contributed by atoms with Gasteiger partial charge in [-0.2, -0.15) is 0 Å². The standard InChI is InChI=1S/C17H16N2.C17H26/c1-13-12-16(18)19-17(13,14-8-4-2-5-9-14)15-10-6-3-7-11-15;1-7-15-8-10-16(11-9-15)14(3)13(2)12-17(4,5)6/h2-11H,1,12H2,(H2,18,19);8-11,14H,2,7,12H2,1,3-6H3. The van der Waals surface area contributed by atoms with Gasteiger partial charge in [-0.05, 0) is 46.1 Å². The zero-order valence-corrected chi connectivity index (χ0v) is 22.7. The van der Waals surface area contributed by atoms with Gasteiger partial charge in [0, 0.05) is 12.3 Å². The molecule has 0 saturated heterocycles. The Hall–Kier alpha value is -3.39. The van der Waals surface area contributed by atoms with Gasteiger partial charge in [-0.1, -0.05) is 138 Å². The maximum absolute atomic E-state index is 5.96. The number of nitrogens with zero attached hydrogens (tertiary/aromatic N) is 1. The highest BCUT2D eigenvalue weighted by atomic mass is 15.0. The van der Waals surface area contributed by atoms with E-state index in [0.29, 0.717) is 23.6 Å². The molecule has 0 saturated carbocycles. The minimum absolute atomic E-state index is 0.328. The van der Waals surface area contributed by atoms with Crippen molar-refractivity contribution in [1.29, 1.82) is 0 Å². The maximum atomic E-state index is 5.96. The Balaban J connectivity index is 0.000000202. The van der Waals surface area contributed by atoms with Crippen molar-refractivity contribution in [2.45, 2.75) is 65.3 Å². The molecular weight excluding hydrogens is 436 g/mol. The van der Waals surface area contributed by atoms with Crippen LogP contribution in [0.25, 0.3) is 0 Å². The van der Waals surface area contributed by atoms with E-state index in [9.17, 15) is 0 Å². The van der Waals surface area contributed by atoms with E-state index < -0.39 is 5.54 Å². The fourth-order valence-corrected chi connectivity index (χ4v) is 4.86. The summed E-state index contributed by atoms with van der Waals surface area (Å²) in [7, 11) is 0. The van der Waals surface area contributed by atoms with Gasteiger partial charge in [0.2, 0.25) is 0 Å². The molecule has 2 N–H and O–H groups in total. The van der Waals surface area contributed by atoms with Crippen molar-refractivity contribution in [3.8, 4) is 0 Å². The number of allylic oxidation sites excluding steroid dienone is 1. The van der Waals surface area contributed by atoms with Crippen LogP contribution < -0.4 is 5.73 Å². The lowest BCUT2D eigenvalue weighted by molar-refractivity contribution is 0.401. The molecule has 1 aliphatic rings. The first-order valence-corrected chi connectivity index (χ1v) is 13.0. The molecule has 2 nitrogen and oxygen atoms in total. The third kappa shape index (κ3) is 6.43. The lowest BCUT2D eigenvalue weighted by atomic mass is 9.78. The van der Waals surface area contributed by atoms with Crippen LogP contribution in [0.1, 0.15) is 75.6 Å². The fourth-order valence-electron chi connectivity index (χ4n) is 4.86. The smallest absolute Gasteiger partial charge is 0.134 e. The van der Waals surface area contributed by atoms with E-state index in [-0.39, 0.29) is 0 Å². The Morgan fingerprint density at radius 3 is 1.81 bits per heavy atom. The third-order valence-electron chi connectivity index (χ3n) is 6.86. The van der Waals surface area contributed by atoms with Gasteiger partial charge in [0.05, 0.1) is 5.84 Å². The third-order valence-corrected chi connectivity index (χ3v) is 6.86. The summed E-state index contributed by atoms with van der Waals surface area (Å²) < 4.78 is 0. The summed E-state index contributed by atoms with van der Waals surface area (Å²) in [4.78, 5) is 4.74. The molecule has 4 rings (SSSR count). The van der Waals surface area contributed by atoms with Crippen LogP contribution in [0.15, 0.2) is 114 Å². The van der Waals surface area contributed by atoms with Crippen molar-refractivity contribution in [3.63, 3.8) is 0 Å². The van der Waals surface area contributed by atoms with Gasteiger partial charge in [-0.25, -0.2) is 0 Å². The molecule has 188 valence electrons. The van der Waals surface area contributed by atoms with Crippen molar-refractivity contribution in [2.75, 3.05) is 0 Å². The van der Waals surface area contributed by atoms with Gasteiger partial charge in [-0.15, -0.1) is 0 Å². The number of nitrogens with two attached hydrogens (primary N) is 1. The minimum atomic E-state index is -0.521. The number of aryl methyl sites for hydroxylation is 1. The van der Waals surface area contributed by atoms with Gasteiger partial charge in [0.15, 0.2) is 0 Å². The van der Waals surface area contributed by atoms with E-state index in [0.717, 1.165) is 29.5 Å². The highest BCUT2D eigenvalue weighted by molar-refractivity contribution is 5.88. The monoisotopic (exact) mass is 478 g/mol. The Kier molecular flexibility index (Phi) is 8.74. The molecule has 3 aromatic rings. The number of hydrogen-bond donors (Lipinski definition) is 1. The second-order valence-electron chi connectivity index (χ2n) is 11.0. The van der Waals surface area contributed by atoms with Crippen LogP contribution in [0.4, 0.5) is 0 Å². The van der Waals surface area contributed by atoms with Crippen molar-refractivity contribution in [2.24, 2.45) is 16.1 Å². The molecule has 0 bridgehead atoms. The molecule has 3 aromatic carbocycles. The number of hydrogen-bond acceptors (Lipinski definition) is 2. The molecule has 0 fully saturated rings. The van der Waals surface area contributed by atoms with Gasteiger partial charge < -0.3 is 5.73 Å². The van der Waals surface area contributed by atoms with Gasteiger partial charge in [0.25, 0.3) is 0 Å². The lowest BCUT2D eigenvalue weighted by Gasteiger charge is -2.29. The molecular formula is C34H42N2. The van der Waals surface area contributed by atoms with E-state index in [1.807, 2.05) is 36.4 Å². The topological polar surface area (TPSA) is 38.4 Å². The number of rotatable bonds is 6. The molecule has 1 unspecified atom stereocenters. The largest absolute Gasteiger partial charge is 0.387 e. The van der Waals surface area contributed by atoms with Crippen molar-refractivity contribution in [1.82, 2.24) is 0 Å². The van der Waals surface area contributed by atoms with Crippen LogP contribution in [0, 0.1) is 5.41 Å². The predicted molar refractivity (Wildman–Crippen MR) is 156 cm³/mol. The van der Waals surface area contributed by atoms with Crippen LogP contribution in [0.5, 0.6) is 0 Å². The summed E-state index contributed by atoms with van der Waals surface area (Å²) in [5, 5.41) is 0. The Morgan fingerprint density at radius 1 is 0.917 bits per heavy atom. The highest BCUT2D eigenvalue weighted by Crippen LogP contribution is 2.44. The minimum Gasteiger partial charge on any atom is -0.387 e. The van der Waals surface area contributed by atoms with Crippen LogP contribution in [-0.2, 0) is 12.0 Å². The molecule has 0 spiro atoms.